The minimum Gasteiger partial charge on any atom is -0.494 e. The maximum atomic E-state index is 13.0. The Bertz CT molecular complexity index is 1240. The van der Waals surface area contributed by atoms with Crippen LogP contribution in [-0.2, 0) is 4.79 Å². The molecule has 8 heteroatoms. The second-order valence-corrected chi connectivity index (χ2v) is 8.38. The molecule has 2 amide bonds. The van der Waals surface area contributed by atoms with Crippen LogP contribution in [-0.4, -0.2) is 24.1 Å². The molecule has 0 spiro atoms. The molecule has 0 bridgehead atoms. The van der Waals surface area contributed by atoms with E-state index in [0.717, 1.165) is 12.2 Å². The number of carbonyl (C=O) groups excluding carboxylic acids is 2. The summed E-state index contributed by atoms with van der Waals surface area (Å²) in [5.74, 6) is -0.273. The fourth-order valence-corrected chi connectivity index (χ4v) is 3.27. The number of nitrogens with one attached hydrogen (secondary N) is 2. The number of hydrogen-bond donors (Lipinski definition) is 2. The van der Waals surface area contributed by atoms with Crippen molar-refractivity contribution in [3.63, 3.8) is 0 Å². The van der Waals surface area contributed by atoms with Crippen LogP contribution in [0.4, 0.5) is 0 Å². The number of carbonyl (C=O) groups is 2. The lowest BCUT2D eigenvalue weighted by Gasteiger charge is -2.10. The Hall–Kier alpha value is -3.61. The van der Waals surface area contributed by atoms with Crippen LogP contribution in [0.25, 0.3) is 6.08 Å². The van der Waals surface area contributed by atoms with E-state index in [1.54, 1.807) is 67.6 Å². The quantitative estimate of drug-likeness (QED) is 0.208. The summed E-state index contributed by atoms with van der Waals surface area (Å²) in [6.45, 7) is 4.37. The number of ether oxygens (including phenoxy) is 1. The van der Waals surface area contributed by atoms with E-state index < -0.39 is 11.8 Å². The van der Waals surface area contributed by atoms with Crippen molar-refractivity contribution in [3.05, 3.63) is 105 Å². The number of benzene rings is 3. The third-order valence-electron chi connectivity index (χ3n) is 4.86. The SMILES string of the molecule is CCCOc1ccc(C=C(NC(=O)c2ccccc2)C(=O)NN=C(C)c2ccc(Cl)c(Cl)c2)cc1. The van der Waals surface area contributed by atoms with Crippen molar-refractivity contribution in [2.24, 2.45) is 5.10 Å². The van der Waals surface area contributed by atoms with Gasteiger partial charge in [-0.25, -0.2) is 5.43 Å². The van der Waals surface area contributed by atoms with E-state index in [4.69, 9.17) is 27.9 Å². The zero-order valence-corrected chi connectivity index (χ0v) is 20.9. The highest BCUT2D eigenvalue weighted by Gasteiger charge is 2.15. The van der Waals surface area contributed by atoms with Crippen LogP contribution < -0.4 is 15.5 Å². The molecule has 180 valence electrons. The van der Waals surface area contributed by atoms with Crippen molar-refractivity contribution in [3.8, 4) is 5.75 Å². The Morgan fingerprint density at radius 3 is 2.31 bits per heavy atom. The average molecular weight is 510 g/mol. The molecule has 35 heavy (non-hydrogen) atoms. The molecule has 0 aliphatic rings. The predicted octanol–water partition coefficient (Wildman–Crippen LogP) is 6.09. The summed E-state index contributed by atoms with van der Waals surface area (Å²) in [7, 11) is 0. The molecule has 0 heterocycles. The number of hydrogen-bond acceptors (Lipinski definition) is 4. The van der Waals surface area contributed by atoms with Crippen LogP contribution in [0.3, 0.4) is 0 Å². The molecular formula is C27H25Cl2N3O3. The first-order valence-electron chi connectivity index (χ1n) is 11.0. The molecule has 0 aliphatic heterocycles. The third-order valence-corrected chi connectivity index (χ3v) is 5.59. The van der Waals surface area contributed by atoms with Crippen molar-refractivity contribution >= 4 is 46.8 Å². The normalized spacial score (nSPS) is 11.7. The third kappa shape index (κ3) is 7.70. The number of halogens is 2. The second kappa shape index (κ2) is 12.7. The molecule has 0 unspecified atom stereocenters. The maximum absolute atomic E-state index is 13.0. The fourth-order valence-electron chi connectivity index (χ4n) is 2.97. The van der Waals surface area contributed by atoms with Gasteiger partial charge in [-0.3, -0.25) is 9.59 Å². The smallest absolute Gasteiger partial charge is 0.287 e. The van der Waals surface area contributed by atoms with Crippen molar-refractivity contribution in [1.29, 1.82) is 0 Å². The fraction of sp³-hybridized carbons (Fsp3) is 0.148. The molecule has 3 aromatic carbocycles. The van der Waals surface area contributed by atoms with Gasteiger partial charge in [0.25, 0.3) is 11.8 Å². The van der Waals surface area contributed by atoms with Gasteiger partial charge in [-0.2, -0.15) is 5.10 Å². The lowest BCUT2D eigenvalue weighted by Crippen LogP contribution is -2.33. The van der Waals surface area contributed by atoms with E-state index >= 15 is 0 Å². The summed E-state index contributed by atoms with van der Waals surface area (Å²) in [6.07, 6.45) is 2.48. The van der Waals surface area contributed by atoms with Gasteiger partial charge < -0.3 is 10.1 Å². The van der Waals surface area contributed by atoms with Crippen LogP contribution in [0, 0.1) is 0 Å². The molecule has 3 aromatic rings. The Morgan fingerprint density at radius 2 is 1.66 bits per heavy atom. The van der Waals surface area contributed by atoms with Gasteiger partial charge in [0.15, 0.2) is 0 Å². The Kier molecular flexibility index (Phi) is 9.47. The largest absolute Gasteiger partial charge is 0.494 e. The molecule has 0 saturated heterocycles. The standard InChI is InChI=1S/C27H25Cl2N3O3/c1-3-15-35-22-12-9-19(10-13-22)16-25(30-26(33)20-7-5-4-6-8-20)27(34)32-31-18(2)21-11-14-23(28)24(29)17-21/h4-14,16-17H,3,15H2,1-2H3,(H,30,33)(H,32,34). The number of rotatable bonds is 9. The summed E-state index contributed by atoms with van der Waals surface area (Å²) in [6, 6.07) is 20.9. The van der Waals surface area contributed by atoms with Gasteiger partial charge in [0, 0.05) is 5.56 Å². The minimum absolute atomic E-state index is 0.0340. The molecule has 2 N–H and O–H groups in total. The first-order chi connectivity index (χ1) is 16.9. The van der Waals surface area contributed by atoms with Gasteiger partial charge in [-0.1, -0.05) is 66.5 Å². The van der Waals surface area contributed by atoms with Gasteiger partial charge in [-0.15, -0.1) is 0 Å². The van der Waals surface area contributed by atoms with Crippen molar-refractivity contribution in [2.75, 3.05) is 6.61 Å². The van der Waals surface area contributed by atoms with Crippen LogP contribution in [0.5, 0.6) is 5.75 Å². The van der Waals surface area contributed by atoms with E-state index in [1.807, 2.05) is 25.1 Å². The Labute approximate surface area is 214 Å². The van der Waals surface area contributed by atoms with E-state index in [1.165, 1.54) is 0 Å². The lowest BCUT2D eigenvalue weighted by atomic mass is 10.1. The molecule has 0 atom stereocenters. The van der Waals surface area contributed by atoms with Gasteiger partial charge in [0.2, 0.25) is 0 Å². The first-order valence-corrected chi connectivity index (χ1v) is 11.7. The summed E-state index contributed by atoms with van der Waals surface area (Å²) < 4.78 is 5.60. The number of hydrazone groups is 1. The maximum Gasteiger partial charge on any atom is 0.287 e. The summed E-state index contributed by atoms with van der Waals surface area (Å²) in [5.41, 5.74) is 4.87. The zero-order valence-electron chi connectivity index (χ0n) is 19.3. The number of nitrogens with zero attached hydrogens (tertiary/aromatic N) is 1. The van der Waals surface area contributed by atoms with Crippen LogP contribution >= 0.6 is 23.2 Å². The van der Waals surface area contributed by atoms with E-state index in [2.05, 4.69) is 15.8 Å². The van der Waals surface area contributed by atoms with Crippen molar-refractivity contribution in [1.82, 2.24) is 10.7 Å². The minimum atomic E-state index is -0.583. The van der Waals surface area contributed by atoms with Gasteiger partial charge in [-0.05, 0) is 66.9 Å². The monoisotopic (exact) mass is 509 g/mol. The molecule has 6 nitrogen and oxygen atoms in total. The van der Waals surface area contributed by atoms with E-state index in [0.29, 0.717) is 39.1 Å². The van der Waals surface area contributed by atoms with Crippen molar-refractivity contribution < 1.29 is 14.3 Å². The predicted molar refractivity (Wildman–Crippen MR) is 141 cm³/mol. The Morgan fingerprint density at radius 1 is 0.943 bits per heavy atom. The second-order valence-electron chi connectivity index (χ2n) is 7.56. The van der Waals surface area contributed by atoms with Gasteiger partial charge in [0.05, 0.1) is 22.4 Å². The molecular weight excluding hydrogens is 485 g/mol. The van der Waals surface area contributed by atoms with Crippen LogP contribution in [0.15, 0.2) is 83.6 Å². The molecule has 0 saturated carbocycles. The van der Waals surface area contributed by atoms with E-state index in [9.17, 15) is 9.59 Å². The highest BCUT2D eigenvalue weighted by Crippen LogP contribution is 2.23. The molecule has 0 aromatic heterocycles. The van der Waals surface area contributed by atoms with Gasteiger partial charge >= 0.3 is 0 Å². The van der Waals surface area contributed by atoms with E-state index in [-0.39, 0.29) is 5.70 Å². The van der Waals surface area contributed by atoms with Gasteiger partial charge in [0.1, 0.15) is 11.4 Å². The molecule has 0 aliphatic carbocycles. The van der Waals surface area contributed by atoms with Crippen LogP contribution in [0.1, 0.15) is 41.8 Å². The topological polar surface area (TPSA) is 79.8 Å². The highest BCUT2D eigenvalue weighted by atomic mass is 35.5. The average Bonchev–Trinajstić information content (AvgIpc) is 2.88. The Balaban J connectivity index is 1.83. The summed E-state index contributed by atoms with van der Waals surface area (Å²) >= 11 is 12.0. The zero-order chi connectivity index (χ0) is 25.2. The highest BCUT2D eigenvalue weighted by molar-refractivity contribution is 6.42. The molecule has 0 fully saturated rings. The van der Waals surface area contributed by atoms with Crippen LogP contribution in [0.2, 0.25) is 10.0 Å². The lowest BCUT2D eigenvalue weighted by molar-refractivity contribution is -0.117. The first kappa shape index (κ1) is 26.0. The molecule has 3 rings (SSSR count). The number of amides is 2. The molecule has 0 radical (unpaired) electrons. The van der Waals surface area contributed by atoms with Crippen molar-refractivity contribution in [2.45, 2.75) is 20.3 Å². The summed E-state index contributed by atoms with van der Waals surface area (Å²) in [5, 5.41) is 7.65. The summed E-state index contributed by atoms with van der Waals surface area (Å²) in [4.78, 5) is 25.7.